The summed E-state index contributed by atoms with van der Waals surface area (Å²) in [6, 6.07) is 16.3. The van der Waals surface area contributed by atoms with Gasteiger partial charge >= 0.3 is 0 Å². The third-order valence-electron chi connectivity index (χ3n) is 5.76. The molecule has 0 saturated carbocycles. The van der Waals surface area contributed by atoms with E-state index in [9.17, 15) is 9.18 Å². The molecule has 1 atom stereocenters. The van der Waals surface area contributed by atoms with E-state index in [4.69, 9.17) is 14.6 Å². The maximum Gasteiger partial charge on any atom is 0.191 e. The van der Waals surface area contributed by atoms with Crippen LogP contribution in [0.5, 0.6) is 11.5 Å². The highest BCUT2D eigenvalue weighted by Crippen LogP contribution is 2.32. The Morgan fingerprint density at radius 3 is 2.38 bits per heavy atom. The number of aliphatic hydroxyl groups is 1. The zero-order valence-corrected chi connectivity index (χ0v) is 19.1. The number of anilines is 1. The quantitative estimate of drug-likeness (QED) is 0.279. The number of carbonyl (C=O) groups is 1. The van der Waals surface area contributed by atoms with E-state index in [-0.39, 0.29) is 18.2 Å². The Bertz CT molecular complexity index is 1260. The molecular weight excluding hydrogens is 435 g/mol. The molecule has 0 bridgehead atoms. The molecule has 0 spiro atoms. The van der Waals surface area contributed by atoms with Gasteiger partial charge in [-0.25, -0.2) is 4.39 Å². The summed E-state index contributed by atoms with van der Waals surface area (Å²) >= 11 is 0. The summed E-state index contributed by atoms with van der Waals surface area (Å²) in [5, 5.41) is 13.3. The van der Waals surface area contributed by atoms with Crippen LogP contribution < -0.4 is 14.8 Å². The fourth-order valence-corrected chi connectivity index (χ4v) is 3.98. The third kappa shape index (κ3) is 5.05. The molecule has 176 valence electrons. The first kappa shape index (κ1) is 23.3. The highest BCUT2D eigenvalue weighted by molar-refractivity contribution is 6.11. The van der Waals surface area contributed by atoms with Gasteiger partial charge in [0.25, 0.3) is 0 Å². The van der Waals surface area contributed by atoms with Gasteiger partial charge in [0, 0.05) is 53.2 Å². The number of nitrogens with one attached hydrogen (secondary N) is 2. The number of halogens is 1. The Labute approximate surface area is 197 Å². The minimum Gasteiger partial charge on any atom is -0.497 e. The van der Waals surface area contributed by atoms with Crippen molar-refractivity contribution < 1.29 is 23.8 Å². The van der Waals surface area contributed by atoms with E-state index < -0.39 is 6.04 Å². The number of benzene rings is 3. The first-order valence-corrected chi connectivity index (χ1v) is 11.0. The van der Waals surface area contributed by atoms with E-state index in [0.717, 1.165) is 16.5 Å². The molecule has 3 aromatic carbocycles. The van der Waals surface area contributed by atoms with Crippen LogP contribution in [-0.2, 0) is 6.42 Å². The van der Waals surface area contributed by atoms with Gasteiger partial charge in [-0.05, 0) is 48.2 Å². The van der Waals surface area contributed by atoms with Crippen LogP contribution in [0.25, 0.3) is 10.9 Å². The van der Waals surface area contributed by atoms with Gasteiger partial charge in [-0.1, -0.05) is 18.2 Å². The number of aliphatic hydroxyl groups excluding tert-OH is 1. The number of Topliss-reactive ketones (excluding diaryl/α,β-unsaturated/α-hetero) is 1. The normalized spacial score (nSPS) is 11.9. The molecule has 0 aliphatic carbocycles. The minimum absolute atomic E-state index is 0.109. The number of hydrogen-bond acceptors (Lipinski definition) is 5. The number of hydrogen-bond donors (Lipinski definition) is 3. The molecule has 3 N–H and O–H groups in total. The van der Waals surface area contributed by atoms with Crippen LogP contribution in [0.4, 0.5) is 10.1 Å². The number of aromatic amines is 1. The number of methoxy groups -OCH3 is 2. The highest BCUT2D eigenvalue weighted by Gasteiger charge is 2.25. The fraction of sp³-hybridized carbons (Fsp3) is 0.222. The number of carbonyl (C=O) groups excluding carboxylic acids is 1. The molecule has 0 amide bonds. The molecule has 0 radical (unpaired) electrons. The lowest BCUT2D eigenvalue weighted by Gasteiger charge is -2.20. The third-order valence-corrected chi connectivity index (χ3v) is 5.76. The topological polar surface area (TPSA) is 83.6 Å². The van der Waals surface area contributed by atoms with Crippen molar-refractivity contribution in [2.75, 3.05) is 26.1 Å². The number of fused-ring (bicyclic) bond motifs is 1. The number of rotatable bonds is 10. The molecule has 4 rings (SSSR count). The van der Waals surface area contributed by atoms with Crippen molar-refractivity contribution in [1.29, 1.82) is 0 Å². The zero-order valence-electron chi connectivity index (χ0n) is 19.1. The van der Waals surface area contributed by atoms with Crippen molar-refractivity contribution in [3.05, 3.63) is 89.4 Å². The van der Waals surface area contributed by atoms with Crippen LogP contribution in [-0.4, -0.2) is 36.7 Å². The maximum absolute atomic E-state index is 13.9. The first-order chi connectivity index (χ1) is 16.5. The molecule has 4 aromatic rings. The maximum atomic E-state index is 13.9. The number of ether oxygens (including phenoxy) is 2. The Balaban J connectivity index is 1.75. The van der Waals surface area contributed by atoms with Crippen LogP contribution in [0, 0.1) is 5.82 Å². The van der Waals surface area contributed by atoms with Gasteiger partial charge < -0.3 is 24.9 Å². The lowest BCUT2D eigenvalue weighted by atomic mass is 9.95. The van der Waals surface area contributed by atoms with E-state index in [1.165, 1.54) is 12.1 Å². The Hall–Kier alpha value is -3.84. The van der Waals surface area contributed by atoms with E-state index in [1.807, 2.05) is 18.2 Å². The number of aromatic nitrogens is 1. The van der Waals surface area contributed by atoms with Crippen LogP contribution >= 0.6 is 0 Å². The van der Waals surface area contributed by atoms with Gasteiger partial charge in [0.05, 0.1) is 14.2 Å². The summed E-state index contributed by atoms with van der Waals surface area (Å²) in [5.74, 6) is 0.609. The minimum atomic E-state index is -0.780. The Morgan fingerprint density at radius 2 is 1.74 bits per heavy atom. The molecule has 1 unspecified atom stereocenters. The number of H-pyrrole nitrogens is 1. The van der Waals surface area contributed by atoms with E-state index in [1.54, 1.807) is 50.7 Å². The van der Waals surface area contributed by atoms with Crippen molar-refractivity contribution >= 4 is 22.4 Å². The molecule has 0 aliphatic rings. The largest absolute Gasteiger partial charge is 0.497 e. The van der Waals surface area contributed by atoms with Crippen molar-refractivity contribution in [2.45, 2.75) is 18.9 Å². The summed E-state index contributed by atoms with van der Waals surface area (Å²) in [6.45, 7) is 0.109. The highest BCUT2D eigenvalue weighted by atomic mass is 19.1. The lowest BCUT2D eigenvalue weighted by Crippen LogP contribution is -2.21. The average Bonchev–Trinajstić information content (AvgIpc) is 3.29. The monoisotopic (exact) mass is 462 g/mol. The summed E-state index contributed by atoms with van der Waals surface area (Å²) < 4.78 is 24.4. The van der Waals surface area contributed by atoms with E-state index in [2.05, 4.69) is 10.3 Å². The first-order valence-electron chi connectivity index (χ1n) is 11.0. The average molecular weight is 463 g/mol. The smallest absolute Gasteiger partial charge is 0.191 e. The second kappa shape index (κ2) is 10.4. The van der Waals surface area contributed by atoms with Gasteiger partial charge in [-0.15, -0.1) is 0 Å². The molecule has 0 aliphatic heterocycles. The molecule has 1 aromatic heterocycles. The number of ketones is 1. The van der Waals surface area contributed by atoms with Crippen molar-refractivity contribution in [3.63, 3.8) is 0 Å². The molecular formula is C27H27FN2O4. The van der Waals surface area contributed by atoms with Gasteiger partial charge in [-0.3, -0.25) is 4.79 Å². The summed E-state index contributed by atoms with van der Waals surface area (Å²) in [4.78, 5) is 17.0. The zero-order chi connectivity index (χ0) is 24.1. The van der Waals surface area contributed by atoms with E-state index >= 15 is 0 Å². The second-order valence-corrected chi connectivity index (χ2v) is 8.00. The molecule has 0 saturated heterocycles. The van der Waals surface area contributed by atoms with Gasteiger partial charge in [-0.2, -0.15) is 0 Å². The Morgan fingerprint density at radius 1 is 1.03 bits per heavy atom. The van der Waals surface area contributed by atoms with Crippen LogP contribution in [0.1, 0.15) is 33.9 Å². The van der Waals surface area contributed by atoms with E-state index in [0.29, 0.717) is 41.2 Å². The molecule has 0 fully saturated rings. The molecule has 34 heavy (non-hydrogen) atoms. The SMILES string of the molecule is COc1cc(NC(C(=O)c2c[nH]c3ccc(CCCO)cc23)c2ccc(F)cc2)cc(OC)c1. The van der Waals surface area contributed by atoms with Gasteiger partial charge in [0.15, 0.2) is 5.78 Å². The number of aryl methyl sites for hydroxylation is 1. The van der Waals surface area contributed by atoms with Crippen LogP contribution in [0.2, 0.25) is 0 Å². The van der Waals surface area contributed by atoms with Gasteiger partial charge in [0.2, 0.25) is 0 Å². The van der Waals surface area contributed by atoms with Crippen LogP contribution in [0.15, 0.2) is 66.9 Å². The second-order valence-electron chi connectivity index (χ2n) is 8.00. The molecule has 1 heterocycles. The van der Waals surface area contributed by atoms with Crippen molar-refractivity contribution in [1.82, 2.24) is 4.98 Å². The fourth-order valence-electron chi connectivity index (χ4n) is 3.98. The van der Waals surface area contributed by atoms with Gasteiger partial charge in [0.1, 0.15) is 23.4 Å². The summed E-state index contributed by atoms with van der Waals surface area (Å²) in [5.41, 5.74) is 3.66. The predicted molar refractivity (Wildman–Crippen MR) is 130 cm³/mol. The molecule has 6 nitrogen and oxygen atoms in total. The molecule has 7 heteroatoms. The standard InChI is InChI=1S/C27H27FN2O4/c1-33-21-13-20(14-22(15-21)34-2)30-26(18-6-8-19(28)9-7-18)27(32)24-16-29-25-10-5-17(4-3-11-31)12-23(24)25/h5-10,12-16,26,29-31H,3-4,11H2,1-2H3. The summed E-state index contributed by atoms with van der Waals surface area (Å²) in [6.07, 6.45) is 3.07. The van der Waals surface area contributed by atoms with Crippen molar-refractivity contribution in [3.8, 4) is 11.5 Å². The lowest BCUT2D eigenvalue weighted by molar-refractivity contribution is 0.0971. The predicted octanol–water partition coefficient (Wildman–Crippen LogP) is 5.29. The van der Waals surface area contributed by atoms with Crippen molar-refractivity contribution in [2.24, 2.45) is 0 Å². The summed E-state index contributed by atoms with van der Waals surface area (Å²) in [7, 11) is 3.11. The Kier molecular flexibility index (Phi) is 7.13. The van der Waals surface area contributed by atoms with Crippen LogP contribution in [0.3, 0.4) is 0 Å².